The Hall–Kier alpha value is -1.66. The Kier molecular flexibility index (Phi) is 3.50. The van der Waals surface area contributed by atoms with Gasteiger partial charge < -0.3 is 4.90 Å². The highest BCUT2D eigenvalue weighted by Crippen LogP contribution is 2.33. The van der Waals surface area contributed by atoms with E-state index >= 15 is 0 Å². The number of carbonyl (C=O) groups is 1. The van der Waals surface area contributed by atoms with Crippen molar-refractivity contribution in [2.75, 3.05) is 13.1 Å². The molecule has 0 radical (unpaired) electrons. The van der Waals surface area contributed by atoms with Crippen LogP contribution in [-0.2, 0) is 13.6 Å². The van der Waals surface area contributed by atoms with Crippen molar-refractivity contribution in [3.05, 3.63) is 40.3 Å². The van der Waals surface area contributed by atoms with Gasteiger partial charge in [0.15, 0.2) is 0 Å². The minimum Gasteiger partial charge on any atom is -0.334 e. The summed E-state index contributed by atoms with van der Waals surface area (Å²) in [6.07, 6.45) is 5.66. The Morgan fingerprint density at radius 2 is 2.23 bits per heavy atom. The Morgan fingerprint density at radius 1 is 1.36 bits per heavy atom. The van der Waals surface area contributed by atoms with Gasteiger partial charge in [0.05, 0.1) is 11.8 Å². The second-order valence-electron chi connectivity index (χ2n) is 6.22. The van der Waals surface area contributed by atoms with Gasteiger partial charge in [-0.25, -0.2) is 0 Å². The van der Waals surface area contributed by atoms with Crippen LogP contribution in [0.25, 0.3) is 0 Å². The standard InChI is InChI=1S/C16H20N4OS/c1-18-10-13(8-17-18)16(21)20-6-3-14-15(20)2-5-19(14)9-12-4-7-22-11-12/h4,7-8,10-11,14-15H,2-3,5-6,9H2,1H3/t14-,15+/m1/s1. The van der Waals surface area contributed by atoms with Gasteiger partial charge in [-0.3, -0.25) is 14.4 Å². The first kappa shape index (κ1) is 14.0. The molecule has 0 bridgehead atoms. The van der Waals surface area contributed by atoms with E-state index in [0.29, 0.717) is 17.6 Å². The molecule has 2 aliphatic rings. The highest BCUT2D eigenvalue weighted by atomic mass is 32.1. The highest BCUT2D eigenvalue weighted by molar-refractivity contribution is 7.07. The van der Waals surface area contributed by atoms with Crippen molar-refractivity contribution in [1.82, 2.24) is 19.6 Å². The van der Waals surface area contributed by atoms with E-state index in [-0.39, 0.29) is 5.91 Å². The van der Waals surface area contributed by atoms with E-state index in [4.69, 9.17) is 0 Å². The Morgan fingerprint density at radius 3 is 2.95 bits per heavy atom. The SMILES string of the molecule is Cn1cc(C(=O)N2CC[C@@H]3[C@@H]2CCN3Cc2ccsc2)cn1. The molecule has 2 aliphatic heterocycles. The third kappa shape index (κ3) is 2.36. The lowest BCUT2D eigenvalue weighted by Crippen LogP contribution is -2.39. The summed E-state index contributed by atoms with van der Waals surface area (Å²) in [6, 6.07) is 3.08. The summed E-state index contributed by atoms with van der Waals surface area (Å²) in [7, 11) is 1.85. The number of likely N-dealkylation sites (tertiary alicyclic amines) is 2. The van der Waals surface area contributed by atoms with Crippen LogP contribution in [0.2, 0.25) is 0 Å². The molecular weight excluding hydrogens is 296 g/mol. The summed E-state index contributed by atoms with van der Waals surface area (Å²) < 4.78 is 1.69. The van der Waals surface area contributed by atoms with Crippen molar-refractivity contribution >= 4 is 17.2 Å². The number of fused-ring (bicyclic) bond motifs is 1. The fraction of sp³-hybridized carbons (Fsp3) is 0.500. The van der Waals surface area contributed by atoms with E-state index in [1.165, 1.54) is 5.56 Å². The zero-order chi connectivity index (χ0) is 15.1. The predicted molar refractivity (Wildman–Crippen MR) is 85.8 cm³/mol. The Balaban J connectivity index is 1.47. The van der Waals surface area contributed by atoms with Crippen molar-refractivity contribution in [2.45, 2.75) is 31.5 Å². The monoisotopic (exact) mass is 316 g/mol. The van der Waals surface area contributed by atoms with E-state index in [9.17, 15) is 4.79 Å². The minimum absolute atomic E-state index is 0.137. The lowest BCUT2D eigenvalue weighted by atomic mass is 10.1. The molecule has 2 fully saturated rings. The van der Waals surface area contributed by atoms with Crippen molar-refractivity contribution in [1.29, 1.82) is 0 Å². The number of hydrogen-bond acceptors (Lipinski definition) is 4. The molecule has 0 saturated carbocycles. The van der Waals surface area contributed by atoms with E-state index < -0.39 is 0 Å². The van der Waals surface area contributed by atoms with E-state index in [1.54, 1.807) is 22.2 Å². The molecule has 2 atom stereocenters. The molecule has 6 heteroatoms. The first-order valence-electron chi connectivity index (χ1n) is 7.77. The van der Waals surface area contributed by atoms with Gasteiger partial charge in [0.1, 0.15) is 0 Å². The van der Waals surface area contributed by atoms with Crippen molar-refractivity contribution < 1.29 is 4.79 Å². The molecule has 22 heavy (non-hydrogen) atoms. The molecule has 0 aliphatic carbocycles. The summed E-state index contributed by atoms with van der Waals surface area (Å²) in [6.45, 7) is 2.96. The lowest BCUT2D eigenvalue weighted by molar-refractivity contribution is 0.0732. The van der Waals surface area contributed by atoms with Crippen LogP contribution in [0.3, 0.4) is 0 Å². The van der Waals surface area contributed by atoms with Gasteiger partial charge in [-0.05, 0) is 35.2 Å². The van der Waals surface area contributed by atoms with Gasteiger partial charge >= 0.3 is 0 Å². The fourth-order valence-electron chi connectivity index (χ4n) is 3.84. The van der Waals surface area contributed by atoms with Crippen LogP contribution in [-0.4, -0.2) is 50.7 Å². The van der Waals surface area contributed by atoms with Crippen LogP contribution >= 0.6 is 11.3 Å². The van der Waals surface area contributed by atoms with Crippen molar-refractivity contribution in [3.63, 3.8) is 0 Å². The summed E-state index contributed by atoms with van der Waals surface area (Å²) in [5, 5.41) is 8.48. The molecule has 2 aromatic rings. The molecule has 4 heterocycles. The summed E-state index contributed by atoms with van der Waals surface area (Å²) in [5.74, 6) is 0.137. The normalized spacial score (nSPS) is 24.9. The maximum Gasteiger partial charge on any atom is 0.257 e. The molecule has 0 spiro atoms. The molecule has 0 unspecified atom stereocenters. The first-order chi connectivity index (χ1) is 10.7. The molecule has 2 saturated heterocycles. The molecule has 5 nitrogen and oxygen atoms in total. The van der Waals surface area contributed by atoms with Crippen LogP contribution < -0.4 is 0 Å². The topological polar surface area (TPSA) is 41.4 Å². The zero-order valence-electron chi connectivity index (χ0n) is 12.7. The second kappa shape index (κ2) is 5.52. The quantitative estimate of drug-likeness (QED) is 0.869. The third-order valence-corrected chi connectivity index (χ3v) is 5.60. The number of hydrogen-bond donors (Lipinski definition) is 0. The molecule has 0 aromatic carbocycles. The predicted octanol–water partition coefficient (Wildman–Crippen LogP) is 1.97. The van der Waals surface area contributed by atoms with Crippen LogP contribution in [0, 0.1) is 0 Å². The van der Waals surface area contributed by atoms with Crippen LogP contribution in [0.5, 0.6) is 0 Å². The van der Waals surface area contributed by atoms with Crippen molar-refractivity contribution in [2.24, 2.45) is 7.05 Å². The fourth-order valence-corrected chi connectivity index (χ4v) is 4.50. The van der Waals surface area contributed by atoms with Gasteiger partial charge in [-0.15, -0.1) is 0 Å². The molecule has 4 rings (SSSR count). The first-order valence-corrected chi connectivity index (χ1v) is 8.71. The van der Waals surface area contributed by atoms with Crippen molar-refractivity contribution in [3.8, 4) is 0 Å². The largest absolute Gasteiger partial charge is 0.334 e. The van der Waals surface area contributed by atoms with E-state index in [0.717, 1.165) is 32.5 Å². The zero-order valence-corrected chi connectivity index (χ0v) is 13.5. The lowest BCUT2D eigenvalue weighted by Gasteiger charge is -2.25. The maximum absolute atomic E-state index is 12.7. The molecular formula is C16H20N4OS. The average Bonchev–Trinajstić information content (AvgIpc) is 3.24. The number of thiophene rings is 1. The van der Waals surface area contributed by atoms with Gasteiger partial charge in [0.25, 0.3) is 5.91 Å². The smallest absolute Gasteiger partial charge is 0.257 e. The van der Waals surface area contributed by atoms with Gasteiger partial charge in [-0.1, -0.05) is 0 Å². The second-order valence-corrected chi connectivity index (χ2v) is 7.00. The molecule has 116 valence electrons. The Bertz CT molecular complexity index is 666. The number of aryl methyl sites for hydroxylation is 1. The van der Waals surface area contributed by atoms with E-state index in [1.807, 2.05) is 13.2 Å². The summed E-state index contributed by atoms with van der Waals surface area (Å²) in [5.41, 5.74) is 2.10. The van der Waals surface area contributed by atoms with Gasteiger partial charge in [-0.2, -0.15) is 16.4 Å². The number of carbonyl (C=O) groups excluding carboxylic acids is 1. The highest BCUT2D eigenvalue weighted by Gasteiger charge is 2.44. The number of aromatic nitrogens is 2. The molecule has 2 aromatic heterocycles. The number of rotatable bonds is 3. The van der Waals surface area contributed by atoms with Gasteiger partial charge in [0.2, 0.25) is 0 Å². The average molecular weight is 316 g/mol. The van der Waals surface area contributed by atoms with Gasteiger partial charge in [0, 0.05) is 45.0 Å². The maximum atomic E-state index is 12.7. The van der Waals surface area contributed by atoms with Crippen LogP contribution in [0.4, 0.5) is 0 Å². The van der Waals surface area contributed by atoms with Crippen LogP contribution in [0.15, 0.2) is 29.2 Å². The minimum atomic E-state index is 0.137. The number of nitrogens with zero attached hydrogens (tertiary/aromatic N) is 4. The number of amides is 1. The third-order valence-electron chi connectivity index (χ3n) is 4.87. The Labute approximate surface area is 134 Å². The van der Waals surface area contributed by atoms with E-state index in [2.05, 4.69) is 31.7 Å². The molecule has 0 N–H and O–H groups in total. The van der Waals surface area contributed by atoms with Crippen LogP contribution in [0.1, 0.15) is 28.8 Å². The summed E-state index contributed by atoms with van der Waals surface area (Å²) in [4.78, 5) is 17.3. The molecule has 1 amide bonds. The summed E-state index contributed by atoms with van der Waals surface area (Å²) >= 11 is 1.75.